The molecule has 5 nitrogen and oxygen atoms in total. The molecular formula is C12H13Br2N3O2S. The maximum absolute atomic E-state index is 12.4. The van der Waals surface area contributed by atoms with Gasteiger partial charge in [-0.2, -0.15) is 5.10 Å². The third-order valence-electron chi connectivity index (χ3n) is 2.69. The number of nitrogens with one attached hydrogen (secondary N) is 1. The summed E-state index contributed by atoms with van der Waals surface area (Å²) in [5.41, 5.74) is 0.962. The molecule has 0 spiro atoms. The monoisotopic (exact) mass is 421 g/mol. The highest BCUT2D eigenvalue weighted by Gasteiger charge is 2.21. The normalized spacial score (nSPS) is 11.6. The molecule has 1 aromatic carbocycles. The van der Waals surface area contributed by atoms with E-state index in [2.05, 4.69) is 41.7 Å². The Morgan fingerprint density at radius 3 is 2.60 bits per heavy atom. The van der Waals surface area contributed by atoms with Gasteiger partial charge in [0.05, 0.1) is 11.4 Å². The SMILES string of the molecule is CCn1cc(S(=O)(=O)Nc2ccc(Br)cc2Br)c(C)n1. The predicted octanol–water partition coefficient (Wildman–Crippen LogP) is 3.54. The Morgan fingerprint density at radius 2 is 2.05 bits per heavy atom. The maximum Gasteiger partial charge on any atom is 0.265 e. The number of rotatable bonds is 4. The summed E-state index contributed by atoms with van der Waals surface area (Å²) >= 11 is 6.66. The number of hydrogen-bond acceptors (Lipinski definition) is 3. The molecule has 0 aliphatic rings. The number of benzene rings is 1. The lowest BCUT2D eigenvalue weighted by Crippen LogP contribution is -2.13. The van der Waals surface area contributed by atoms with Gasteiger partial charge in [0.25, 0.3) is 10.0 Å². The van der Waals surface area contributed by atoms with Gasteiger partial charge in [0.15, 0.2) is 0 Å². The van der Waals surface area contributed by atoms with Crippen LogP contribution in [0.5, 0.6) is 0 Å². The van der Waals surface area contributed by atoms with Gasteiger partial charge in [-0.1, -0.05) is 15.9 Å². The standard InChI is InChI=1S/C12H13Br2N3O2S/c1-3-17-7-12(8(2)15-17)20(18,19)16-11-5-4-9(13)6-10(11)14/h4-7,16H,3H2,1-2H3. The first-order chi connectivity index (χ1) is 9.33. The van der Waals surface area contributed by atoms with E-state index in [0.29, 0.717) is 22.4 Å². The third kappa shape index (κ3) is 3.24. The highest BCUT2D eigenvalue weighted by atomic mass is 79.9. The fraction of sp³-hybridized carbons (Fsp3) is 0.250. The molecular weight excluding hydrogens is 410 g/mol. The quantitative estimate of drug-likeness (QED) is 0.819. The molecule has 0 amide bonds. The second kappa shape index (κ2) is 5.87. The van der Waals surface area contributed by atoms with E-state index < -0.39 is 10.0 Å². The summed E-state index contributed by atoms with van der Waals surface area (Å²) in [4.78, 5) is 0.189. The largest absolute Gasteiger partial charge is 0.278 e. The minimum absolute atomic E-state index is 0.189. The summed E-state index contributed by atoms with van der Waals surface area (Å²) in [6.45, 7) is 4.21. The lowest BCUT2D eigenvalue weighted by molar-refractivity contribution is 0.600. The highest BCUT2D eigenvalue weighted by Crippen LogP contribution is 2.28. The minimum Gasteiger partial charge on any atom is -0.278 e. The van der Waals surface area contributed by atoms with Crippen LogP contribution in [0.15, 0.2) is 38.2 Å². The fourth-order valence-corrected chi connectivity index (χ4v) is 4.24. The van der Waals surface area contributed by atoms with Gasteiger partial charge < -0.3 is 0 Å². The van der Waals surface area contributed by atoms with E-state index in [4.69, 9.17) is 0 Å². The van der Waals surface area contributed by atoms with E-state index in [-0.39, 0.29) is 4.90 Å². The molecule has 20 heavy (non-hydrogen) atoms. The number of nitrogens with zero attached hydrogens (tertiary/aromatic N) is 2. The molecule has 0 fully saturated rings. The highest BCUT2D eigenvalue weighted by molar-refractivity contribution is 9.11. The van der Waals surface area contributed by atoms with Crippen LogP contribution in [0.25, 0.3) is 0 Å². The molecule has 0 bridgehead atoms. The molecule has 0 saturated carbocycles. The molecule has 2 rings (SSSR count). The van der Waals surface area contributed by atoms with Crippen molar-refractivity contribution >= 4 is 47.6 Å². The molecule has 0 aliphatic heterocycles. The van der Waals surface area contributed by atoms with Crippen LogP contribution in [0.1, 0.15) is 12.6 Å². The van der Waals surface area contributed by atoms with E-state index in [1.807, 2.05) is 6.92 Å². The average molecular weight is 423 g/mol. The Bertz CT molecular complexity index is 741. The molecule has 0 saturated heterocycles. The molecule has 1 heterocycles. The third-order valence-corrected chi connectivity index (χ3v) is 5.31. The van der Waals surface area contributed by atoms with Crippen molar-refractivity contribution < 1.29 is 8.42 Å². The van der Waals surface area contributed by atoms with Gasteiger partial charge in [0.1, 0.15) is 4.90 Å². The van der Waals surface area contributed by atoms with Crippen molar-refractivity contribution in [1.82, 2.24) is 9.78 Å². The van der Waals surface area contributed by atoms with Gasteiger partial charge in [0.2, 0.25) is 0 Å². The number of hydrogen-bond donors (Lipinski definition) is 1. The van der Waals surface area contributed by atoms with Gasteiger partial charge in [-0.3, -0.25) is 9.40 Å². The Labute approximate surface area is 134 Å². The smallest absolute Gasteiger partial charge is 0.265 e. The van der Waals surface area contributed by atoms with Crippen molar-refractivity contribution in [3.05, 3.63) is 39.0 Å². The molecule has 108 valence electrons. The molecule has 8 heteroatoms. The van der Waals surface area contributed by atoms with Gasteiger partial charge in [-0.25, -0.2) is 8.42 Å². The number of sulfonamides is 1. The summed E-state index contributed by atoms with van der Waals surface area (Å²) in [5.74, 6) is 0. The molecule has 0 radical (unpaired) electrons. The van der Waals surface area contributed by atoms with E-state index in [1.165, 1.54) is 6.20 Å². The summed E-state index contributed by atoms with van der Waals surface area (Å²) in [7, 11) is -3.65. The first-order valence-corrected chi connectivity index (χ1v) is 8.92. The topological polar surface area (TPSA) is 64.0 Å². The van der Waals surface area contributed by atoms with Crippen molar-refractivity contribution in [1.29, 1.82) is 0 Å². The maximum atomic E-state index is 12.4. The number of aryl methyl sites for hydroxylation is 2. The molecule has 0 aliphatic carbocycles. The van der Waals surface area contributed by atoms with Crippen molar-refractivity contribution in [2.75, 3.05) is 4.72 Å². The molecule has 1 aromatic heterocycles. The van der Waals surface area contributed by atoms with Crippen LogP contribution in [0.4, 0.5) is 5.69 Å². The summed E-state index contributed by atoms with van der Waals surface area (Å²) in [6, 6.07) is 5.23. The lowest BCUT2D eigenvalue weighted by Gasteiger charge is -2.09. The second-order valence-corrected chi connectivity index (χ2v) is 7.58. The predicted molar refractivity (Wildman–Crippen MR) is 85.3 cm³/mol. The molecule has 1 N–H and O–H groups in total. The molecule has 2 aromatic rings. The number of aromatic nitrogens is 2. The van der Waals surface area contributed by atoms with Gasteiger partial charge in [-0.05, 0) is 48.0 Å². The zero-order valence-electron chi connectivity index (χ0n) is 10.9. The van der Waals surface area contributed by atoms with Crippen LogP contribution < -0.4 is 4.72 Å². The number of anilines is 1. The fourth-order valence-electron chi connectivity index (χ4n) is 1.70. The first-order valence-electron chi connectivity index (χ1n) is 5.85. The summed E-state index contributed by atoms with van der Waals surface area (Å²) < 4.78 is 30.5. The van der Waals surface area contributed by atoms with Gasteiger partial charge >= 0.3 is 0 Å². The first kappa shape index (κ1) is 15.5. The van der Waals surface area contributed by atoms with E-state index in [9.17, 15) is 8.42 Å². The van der Waals surface area contributed by atoms with Gasteiger partial charge in [0, 0.05) is 21.7 Å². The zero-order chi connectivity index (χ0) is 14.9. The Kier molecular flexibility index (Phi) is 4.55. The zero-order valence-corrected chi connectivity index (χ0v) is 14.9. The second-order valence-electron chi connectivity index (χ2n) is 4.16. The van der Waals surface area contributed by atoms with Crippen LogP contribution in [-0.2, 0) is 16.6 Å². The van der Waals surface area contributed by atoms with Crippen LogP contribution >= 0.6 is 31.9 Å². The van der Waals surface area contributed by atoms with Crippen molar-refractivity contribution in [2.45, 2.75) is 25.3 Å². The van der Waals surface area contributed by atoms with Crippen LogP contribution in [0.3, 0.4) is 0 Å². The number of halogens is 2. The Hall–Kier alpha value is -0.860. The van der Waals surface area contributed by atoms with E-state index in [1.54, 1.807) is 29.8 Å². The lowest BCUT2D eigenvalue weighted by atomic mass is 10.3. The van der Waals surface area contributed by atoms with Crippen molar-refractivity contribution in [2.24, 2.45) is 0 Å². The Balaban J connectivity index is 2.38. The van der Waals surface area contributed by atoms with E-state index in [0.717, 1.165) is 4.47 Å². The van der Waals surface area contributed by atoms with Gasteiger partial charge in [-0.15, -0.1) is 0 Å². The summed E-state index contributed by atoms with van der Waals surface area (Å²) in [6.07, 6.45) is 1.53. The van der Waals surface area contributed by atoms with Crippen molar-refractivity contribution in [3.63, 3.8) is 0 Å². The summed E-state index contributed by atoms with van der Waals surface area (Å²) in [5, 5.41) is 4.15. The molecule has 0 atom stereocenters. The Morgan fingerprint density at radius 1 is 1.35 bits per heavy atom. The average Bonchev–Trinajstić information content (AvgIpc) is 2.75. The molecule has 0 unspecified atom stereocenters. The minimum atomic E-state index is -3.65. The van der Waals surface area contributed by atoms with Crippen LogP contribution in [0, 0.1) is 6.92 Å². The van der Waals surface area contributed by atoms with Crippen molar-refractivity contribution in [3.8, 4) is 0 Å². The van der Waals surface area contributed by atoms with Crippen LogP contribution in [-0.4, -0.2) is 18.2 Å². The van der Waals surface area contributed by atoms with E-state index >= 15 is 0 Å². The van der Waals surface area contributed by atoms with Crippen LogP contribution in [0.2, 0.25) is 0 Å².